The number of rotatable bonds is 2. The molecule has 5 heteroatoms. The number of hydrogen-bond acceptors (Lipinski definition) is 4. The summed E-state index contributed by atoms with van der Waals surface area (Å²) < 4.78 is 4.83. The second kappa shape index (κ2) is 3.85. The predicted molar refractivity (Wildman–Crippen MR) is 57.3 cm³/mol. The molecule has 0 aliphatic heterocycles. The van der Waals surface area contributed by atoms with Crippen molar-refractivity contribution in [3.8, 4) is 0 Å². The molecule has 0 unspecified atom stereocenters. The minimum absolute atomic E-state index is 0.947. The van der Waals surface area contributed by atoms with Gasteiger partial charge in [-0.2, -0.15) is 0 Å². The van der Waals surface area contributed by atoms with Crippen molar-refractivity contribution in [3.63, 3.8) is 0 Å². The maximum atomic E-state index is 3.76. The maximum absolute atomic E-state index is 3.76. The van der Waals surface area contributed by atoms with Crippen LogP contribution in [-0.4, -0.2) is 9.59 Å². The number of nitrogens with one attached hydrogen (secondary N) is 1. The van der Waals surface area contributed by atoms with E-state index in [4.69, 9.17) is 0 Å². The molecule has 3 nitrogen and oxygen atoms in total. The molecule has 2 aromatic rings. The molecule has 13 heavy (non-hydrogen) atoms. The van der Waals surface area contributed by atoms with E-state index in [1.165, 1.54) is 11.5 Å². The Morgan fingerprint density at radius 3 is 2.62 bits per heavy atom. The van der Waals surface area contributed by atoms with Gasteiger partial charge in [0.05, 0.1) is 6.20 Å². The Labute approximate surface area is 88.1 Å². The van der Waals surface area contributed by atoms with E-state index >= 15 is 0 Å². The molecule has 0 saturated heterocycles. The molecule has 2 rings (SSSR count). The molecule has 0 aliphatic rings. The Morgan fingerprint density at radius 1 is 1.23 bits per heavy atom. The molecule has 0 bridgehead atoms. The van der Waals surface area contributed by atoms with Crippen LogP contribution < -0.4 is 5.32 Å². The smallest absolute Gasteiger partial charge is 0.134 e. The van der Waals surface area contributed by atoms with E-state index in [-0.39, 0.29) is 0 Å². The second-order valence-corrected chi connectivity index (χ2v) is 4.12. The van der Waals surface area contributed by atoms with Gasteiger partial charge in [0.15, 0.2) is 0 Å². The van der Waals surface area contributed by atoms with Crippen LogP contribution in [0.15, 0.2) is 34.9 Å². The molecule has 1 aromatic carbocycles. The standard InChI is InChI=1S/C8H6BrN3S/c9-6-1-3-7(4-2-6)11-8-5-10-12-13-8/h1-5,11H. The highest BCUT2D eigenvalue weighted by atomic mass is 79.9. The number of nitrogens with zero attached hydrogens (tertiary/aromatic N) is 2. The summed E-state index contributed by atoms with van der Waals surface area (Å²) in [4.78, 5) is 0. The van der Waals surface area contributed by atoms with Gasteiger partial charge in [0.1, 0.15) is 5.00 Å². The van der Waals surface area contributed by atoms with Crippen LogP contribution in [0, 0.1) is 0 Å². The molecule has 0 saturated carbocycles. The third kappa shape index (κ3) is 2.26. The molecule has 0 amide bonds. The van der Waals surface area contributed by atoms with E-state index in [0.29, 0.717) is 0 Å². The van der Waals surface area contributed by atoms with Crippen LogP contribution >= 0.6 is 27.5 Å². The fraction of sp³-hybridized carbons (Fsp3) is 0. The van der Waals surface area contributed by atoms with Crippen LogP contribution in [0.1, 0.15) is 0 Å². The van der Waals surface area contributed by atoms with Gasteiger partial charge in [-0.3, -0.25) is 0 Å². The molecule has 0 atom stereocenters. The van der Waals surface area contributed by atoms with Crippen molar-refractivity contribution in [2.24, 2.45) is 0 Å². The lowest BCUT2D eigenvalue weighted by molar-refractivity contribution is 1.16. The zero-order valence-corrected chi connectivity index (χ0v) is 8.97. The van der Waals surface area contributed by atoms with Crippen molar-refractivity contribution < 1.29 is 0 Å². The van der Waals surface area contributed by atoms with E-state index in [0.717, 1.165) is 15.2 Å². The van der Waals surface area contributed by atoms with E-state index in [1.54, 1.807) is 6.20 Å². The summed E-state index contributed by atoms with van der Waals surface area (Å²) in [6.45, 7) is 0. The summed E-state index contributed by atoms with van der Waals surface area (Å²) in [6, 6.07) is 7.95. The molecule has 1 aromatic heterocycles. The molecule has 66 valence electrons. The molecule has 1 N–H and O–H groups in total. The average molecular weight is 256 g/mol. The Bertz CT molecular complexity index is 371. The Hall–Kier alpha value is -0.940. The minimum atomic E-state index is 0.947. The molecule has 0 fully saturated rings. The lowest BCUT2D eigenvalue weighted by Crippen LogP contribution is -1.85. The van der Waals surface area contributed by atoms with Crippen LogP contribution in [0.2, 0.25) is 0 Å². The zero-order chi connectivity index (χ0) is 9.10. The second-order valence-electron chi connectivity index (χ2n) is 2.41. The van der Waals surface area contributed by atoms with Crippen molar-refractivity contribution >= 4 is 38.2 Å². The molecule has 1 heterocycles. The van der Waals surface area contributed by atoms with Crippen molar-refractivity contribution in [2.45, 2.75) is 0 Å². The van der Waals surface area contributed by atoms with Crippen LogP contribution in [0.3, 0.4) is 0 Å². The van der Waals surface area contributed by atoms with Crippen molar-refractivity contribution in [2.75, 3.05) is 5.32 Å². The van der Waals surface area contributed by atoms with E-state index < -0.39 is 0 Å². The first-order chi connectivity index (χ1) is 6.34. The summed E-state index contributed by atoms with van der Waals surface area (Å²) in [5.41, 5.74) is 1.04. The number of benzene rings is 1. The van der Waals surface area contributed by atoms with Gasteiger partial charge in [-0.1, -0.05) is 20.4 Å². The van der Waals surface area contributed by atoms with Gasteiger partial charge in [-0.05, 0) is 24.3 Å². The minimum Gasteiger partial charge on any atom is -0.345 e. The molecule has 0 radical (unpaired) electrons. The first kappa shape index (κ1) is 8.65. The lowest BCUT2D eigenvalue weighted by atomic mass is 10.3. The van der Waals surface area contributed by atoms with Crippen molar-refractivity contribution in [1.82, 2.24) is 9.59 Å². The lowest BCUT2D eigenvalue weighted by Gasteiger charge is -2.00. The van der Waals surface area contributed by atoms with Gasteiger partial charge in [0.25, 0.3) is 0 Å². The van der Waals surface area contributed by atoms with E-state index in [1.807, 2.05) is 24.3 Å². The van der Waals surface area contributed by atoms with Crippen LogP contribution in [0.5, 0.6) is 0 Å². The number of halogens is 1. The van der Waals surface area contributed by atoms with Gasteiger partial charge < -0.3 is 5.32 Å². The third-order valence-corrected chi connectivity index (χ3v) is 2.58. The number of hydrogen-bond donors (Lipinski definition) is 1. The molecular weight excluding hydrogens is 250 g/mol. The highest BCUT2D eigenvalue weighted by Crippen LogP contribution is 2.20. The SMILES string of the molecule is Brc1ccc(Nc2cnns2)cc1. The Balaban J connectivity index is 2.15. The van der Waals surface area contributed by atoms with Crippen molar-refractivity contribution in [1.29, 1.82) is 0 Å². The first-order valence-electron chi connectivity index (χ1n) is 3.64. The summed E-state index contributed by atoms with van der Waals surface area (Å²) >= 11 is 4.71. The van der Waals surface area contributed by atoms with Crippen molar-refractivity contribution in [3.05, 3.63) is 34.9 Å². The van der Waals surface area contributed by atoms with E-state index in [9.17, 15) is 0 Å². The first-order valence-corrected chi connectivity index (χ1v) is 5.21. The fourth-order valence-corrected chi connectivity index (χ4v) is 1.60. The largest absolute Gasteiger partial charge is 0.345 e. The average Bonchev–Trinajstić information content (AvgIpc) is 2.62. The fourth-order valence-electron chi connectivity index (χ4n) is 0.898. The molecular formula is C8H6BrN3S. The predicted octanol–water partition coefficient (Wildman–Crippen LogP) is 3.04. The highest BCUT2D eigenvalue weighted by molar-refractivity contribution is 9.10. The van der Waals surface area contributed by atoms with E-state index in [2.05, 4.69) is 30.8 Å². The van der Waals surface area contributed by atoms with Gasteiger partial charge >= 0.3 is 0 Å². The third-order valence-electron chi connectivity index (χ3n) is 1.47. The summed E-state index contributed by atoms with van der Waals surface area (Å²) in [7, 11) is 0. The summed E-state index contributed by atoms with van der Waals surface area (Å²) in [5, 5.41) is 7.86. The monoisotopic (exact) mass is 255 g/mol. The summed E-state index contributed by atoms with van der Waals surface area (Å²) in [5.74, 6) is 0. The molecule has 0 aliphatic carbocycles. The number of aromatic nitrogens is 2. The van der Waals surface area contributed by atoms with Gasteiger partial charge in [0, 0.05) is 21.7 Å². The normalized spacial score (nSPS) is 9.92. The highest BCUT2D eigenvalue weighted by Gasteiger charge is 1.95. The van der Waals surface area contributed by atoms with Gasteiger partial charge in [-0.15, -0.1) is 5.10 Å². The zero-order valence-electron chi connectivity index (χ0n) is 6.57. The van der Waals surface area contributed by atoms with Gasteiger partial charge in [-0.25, -0.2) is 0 Å². The molecule has 0 spiro atoms. The topological polar surface area (TPSA) is 37.8 Å². The van der Waals surface area contributed by atoms with Gasteiger partial charge in [0.2, 0.25) is 0 Å². The Kier molecular flexibility index (Phi) is 2.56. The summed E-state index contributed by atoms with van der Waals surface area (Å²) in [6.07, 6.45) is 1.70. The maximum Gasteiger partial charge on any atom is 0.134 e. The Morgan fingerprint density at radius 2 is 2.00 bits per heavy atom. The van der Waals surface area contributed by atoms with Crippen LogP contribution in [0.25, 0.3) is 0 Å². The van der Waals surface area contributed by atoms with Crippen LogP contribution in [0.4, 0.5) is 10.7 Å². The number of anilines is 2. The van der Waals surface area contributed by atoms with Crippen LogP contribution in [-0.2, 0) is 0 Å². The quantitative estimate of drug-likeness (QED) is 0.897.